The van der Waals surface area contributed by atoms with Gasteiger partial charge in [-0.15, -0.1) is 0 Å². The molecule has 1 unspecified atom stereocenters. The third kappa shape index (κ3) is 11.1. The van der Waals surface area contributed by atoms with Crippen LogP contribution in [0.2, 0.25) is 0 Å². The van der Waals surface area contributed by atoms with Crippen molar-refractivity contribution in [2.24, 2.45) is 5.73 Å². The van der Waals surface area contributed by atoms with Gasteiger partial charge in [-0.1, -0.05) is 0 Å². The van der Waals surface area contributed by atoms with Gasteiger partial charge < -0.3 is 21.5 Å². The minimum absolute atomic E-state index is 0.268. The fourth-order valence-corrected chi connectivity index (χ4v) is 1.59. The molecule has 1 fully saturated rings. The summed E-state index contributed by atoms with van der Waals surface area (Å²) in [6.45, 7) is 9.00. The molecule has 0 aliphatic carbocycles. The van der Waals surface area contributed by atoms with Gasteiger partial charge in [0.2, 0.25) is 0 Å². The van der Waals surface area contributed by atoms with Crippen molar-refractivity contribution in [1.82, 2.24) is 10.6 Å². The lowest BCUT2D eigenvalue weighted by atomic mass is 10.0. The second-order valence-corrected chi connectivity index (χ2v) is 4.78. The van der Waals surface area contributed by atoms with Crippen molar-refractivity contribution in [2.45, 2.75) is 45.2 Å². The third-order valence-corrected chi connectivity index (χ3v) is 1.93. The molecular formula is C10H23N3O2. The molecule has 15 heavy (non-hydrogen) atoms. The summed E-state index contributed by atoms with van der Waals surface area (Å²) in [7, 11) is 0. The first-order chi connectivity index (χ1) is 6.81. The zero-order valence-electron chi connectivity index (χ0n) is 9.84. The molecule has 0 aromatic rings. The SMILES string of the molecule is CC(C)(C)NC1CCCNC1.NC(=O)O. The maximum atomic E-state index is 8.78. The molecule has 1 aliphatic heterocycles. The number of primary amides is 1. The van der Waals surface area contributed by atoms with Crippen LogP contribution in [0.1, 0.15) is 33.6 Å². The molecule has 1 aliphatic rings. The number of amides is 1. The van der Waals surface area contributed by atoms with Crippen molar-refractivity contribution in [3.8, 4) is 0 Å². The van der Waals surface area contributed by atoms with E-state index in [-0.39, 0.29) is 5.54 Å². The molecule has 5 heteroatoms. The Hall–Kier alpha value is -0.810. The molecule has 0 saturated carbocycles. The maximum absolute atomic E-state index is 8.78. The summed E-state index contributed by atoms with van der Waals surface area (Å²) in [5.41, 5.74) is 4.30. The fraction of sp³-hybridized carbons (Fsp3) is 0.900. The molecule has 0 aromatic carbocycles. The minimum Gasteiger partial charge on any atom is -0.465 e. The second-order valence-electron chi connectivity index (χ2n) is 4.78. The zero-order chi connectivity index (χ0) is 11.9. The molecule has 0 aromatic heterocycles. The molecule has 1 saturated heterocycles. The smallest absolute Gasteiger partial charge is 0.402 e. The van der Waals surface area contributed by atoms with Crippen LogP contribution in [0.5, 0.6) is 0 Å². The van der Waals surface area contributed by atoms with Crippen molar-refractivity contribution >= 4 is 6.09 Å². The third-order valence-electron chi connectivity index (χ3n) is 1.93. The standard InChI is InChI=1S/C9H20N2.CH3NO2/c1-9(2,3)11-8-5-4-6-10-7-8;2-1(3)4/h8,10-11H,4-7H2,1-3H3;2H2,(H,3,4). The van der Waals surface area contributed by atoms with Gasteiger partial charge in [0.25, 0.3) is 0 Å². The van der Waals surface area contributed by atoms with E-state index < -0.39 is 6.09 Å². The highest BCUT2D eigenvalue weighted by atomic mass is 16.4. The molecule has 1 atom stereocenters. The van der Waals surface area contributed by atoms with E-state index in [0.29, 0.717) is 6.04 Å². The molecule has 5 N–H and O–H groups in total. The van der Waals surface area contributed by atoms with Crippen LogP contribution in [-0.4, -0.2) is 35.9 Å². The van der Waals surface area contributed by atoms with Gasteiger partial charge in [0.15, 0.2) is 0 Å². The van der Waals surface area contributed by atoms with Crippen molar-refractivity contribution < 1.29 is 9.90 Å². The van der Waals surface area contributed by atoms with Gasteiger partial charge in [-0.2, -0.15) is 0 Å². The first-order valence-corrected chi connectivity index (χ1v) is 5.28. The summed E-state index contributed by atoms with van der Waals surface area (Å²) in [6.07, 6.45) is 1.30. The molecule has 1 rings (SSSR count). The average Bonchev–Trinajstić information content (AvgIpc) is 2.01. The number of rotatable bonds is 1. The molecule has 0 bridgehead atoms. The number of hydrogen-bond acceptors (Lipinski definition) is 3. The van der Waals surface area contributed by atoms with E-state index in [1.54, 1.807) is 0 Å². The van der Waals surface area contributed by atoms with Crippen molar-refractivity contribution in [3.63, 3.8) is 0 Å². The highest BCUT2D eigenvalue weighted by molar-refractivity contribution is 5.61. The molecule has 1 amide bonds. The summed E-state index contributed by atoms with van der Waals surface area (Å²) in [6, 6.07) is 0.684. The van der Waals surface area contributed by atoms with Crippen molar-refractivity contribution in [2.75, 3.05) is 13.1 Å². The molecule has 1 heterocycles. The number of carbonyl (C=O) groups is 1. The molecule has 90 valence electrons. The van der Waals surface area contributed by atoms with Gasteiger partial charge in [0.05, 0.1) is 0 Å². The Kier molecular flexibility index (Phi) is 6.27. The number of piperidine rings is 1. The van der Waals surface area contributed by atoms with Gasteiger partial charge in [0, 0.05) is 18.1 Å². The van der Waals surface area contributed by atoms with E-state index in [0.717, 1.165) is 6.54 Å². The highest BCUT2D eigenvalue weighted by Crippen LogP contribution is 2.07. The van der Waals surface area contributed by atoms with Crippen LogP contribution in [0, 0.1) is 0 Å². The molecule has 5 nitrogen and oxygen atoms in total. The molecule has 0 radical (unpaired) electrons. The summed E-state index contributed by atoms with van der Waals surface area (Å²) in [5, 5.41) is 14.2. The van der Waals surface area contributed by atoms with Crippen LogP contribution in [0.15, 0.2) is 0 Å². The lowest BCUT2D eigenvalue weighted by Crippen LogP contribution is -2.50. The Morgan fingerprint density at radius 1 is 1.53 bits per heavy atom. The monoisotopic (exact) mass is 217 g/mol. The Balaban J connectivity index is 0.000000423. The zero-order valence-corrected chi connectivity index (χ0v) is 9.84. The van der Waals surface area contributed by atoms with Crippen LogP contribution < -0.4 is 16.4 Å². The van der Waals surface area contributed by atoms with Crippen LogP contribution in [0.25, 0.3) is 0 Å². The van der Waals surface area contributed by atoms with Crippen LogP contribution in [0.3, 0.4) is 0 Å². The summed E-state index contributed by atoms with van der Waals surface area (Å²) < 4.78 is 0. The van der Waals surface area contributed by atoms with E-state index in [2.05, 4.69) is 37.1 Å². The maximum Gasteiger partial charge on any atom is 0.402 e. The summed E-state index contributed by atoms with van der Waals surface area (Å²) in [4.78, 5) is 8.78. The van der Waals surface area contributed by atoms with Crippen LogP contribution >= 0.6 is 0 Å². The second kappa shape index (κ2) is 6.63. The van der Waals surface area contributed by atoms with E-state index in [1.165, 1.54) is 19.4 Å². The largest absolute Gasteiger partial charge is 0.465 e. The van der Waals surface area contributed by atoms with E-state index in [4.69, 9.17) is 9.90 Å². The first-order valence-electron chi connectivity index (χ1n) is 5.28. The molecule has 0 spiro atoms. The predicted molar refractivity (Wildman–Crippen MR) is 61.0 cm³/mol. The fourth-order valence-electron chi connectivity index (χ4n) is 1.59. The van der Waals surface area contributed by atoms with Crippen LogP contribution in [-0.2, 0) is 0 Å². The normalized spacial score (nSPS) is 21.4. The Bertz CT molecular complexity index is 180. The van der Waals surface area contributed by atoms with E-state index in [1.807, 2.05) is 0 Å². The van der Waals surface area contributed by atoms with Gasteiger partial charge >= 0.3 is 6.09 Å². The van der Waals surface area contributed by atoms with Crippen molar-refractivity contribution in [1.29, 1.82) is 0 Å². The van der Waals surface area contributed by atoms with E-state index >= 15 is 0 Å². The Labute approximate surface area is 91.4 Å². The first kappa shape index (κ1) is 14.2. The number of nitrogens with two attached hydrogens (primary N) is 1. The van der Waals surface area contributed by atoms with Gasteiger partial charge in [0.1, 0.15) is 0 Å². The summed E-state index contributed by atoms with van der Waals surface area (Å²) >= 11 is 0. The lowest BCUT2D eigenvalue weighted by Gasteiger charge is -2.31. The number of carboxylic acid groups (broad SMARTS) is 1. The molecular weight excluding hydrogens is 194 g/mol. The van der Waals surface area contributed by atoms with Crippen molar-refractivity contribution in [3.05, 3.63) is 0 Å². The average molecular weight is 217 g/mol. The topological polar surface area (TPSA) is 87.4 Å². The quantitative estimate of drug-likeness (QED) is 0.522. The Morgan fingerprint density at radius 2 is 2.07 bits per heavy atom. The van der Waals surface area contributed by atoms with Gasteiger partial charge in [-0.25, -0.2) is 4.79 Å². The number of hydrogen-bond donors (Lipinski definition) is 4. The van der Waals surface area contributed by atoms with E-state index in [9.17, 15) is 0 Å². The van der Waals surface area contributed by atoms with Crippen LogP contribution in [0.4, 0.5) is 4.79 Å². The lowest BCUT2D eigenvalue weighted by molar-refractivity contribution is 0.205. The predicted octanol–water partition coefficient (Wildman–Crippen LogP) is 0.750. The van der Waals surface area contributed by atoms with Gasteiger partial charge in [-0.05, 0) is 40.2 Å². The number of nitrogens with one attached hydrogen (secondary N) is 2. The minimum atomic E-state index is -1.33. The summed E-state index contributed by atoms with van der Waals surface area (Å²) in [5.74, 6) is 0. The highest BCUT2D eigenvalue weighted by Gasteiger charge is 2.18. The Morgan fingerprint density at radius 3 is 2.40 bits per heavy atom. The van der Waals surface area contributed by atoms with Gasteiger partial charge in [-0.3, -0.25) is 0 Å².